The molecule has 1 saturated heterocycles. The lowest BCUT2D eigenvalue weighted by molar-refractivity contribution is -0.139. The maximum Gasteiger partial charge on any atom is 0.295 e. The molecule has 4 nitrogen and oxygen atoms in total. The van der Waals surface area contributed by atoms with Gasteiger partial charge >= 0.3 is 0 Å². The number of likely N-dealkylation sites (tertiary alicyclic amines) is 1. The largest absolute Gasteiger partial charge is 0.507 e. The van der Waals surface area contributed by atoms with Crippen LogP contribution in [0.5, 0.6) is 0 Å². The van der Waals surface area contributed by atoms with E-state index in [-0.39, 0.29) is 11.3 Å². The van der Waals surface area contributed by atoms with Gasteiger partial charge in [-0.25, -0.2) is 0 Å². The zero-order valence-corrected chi connectivity index (χ0v) is 14.9. The van der Waals surface area contributed by atoms with E-state index in [0.29, 0.717) is 12.1 Å². The van der Waals surface area contributed by atoms with E-state index in [1.165, 1.54) is 0 Å². The van der Waals surface area contributed by atoms with Crippen molar-refractivity contribution in [2.75, 3.05) is 6.54 Å². The van der Waals surface area contributed by atoms with Crippen LogP contribution in [0.3, 0.4) is 0 Å². The van der Waals surface area contributed by atoms with Crippen LogP contribution in [0.4, 0.5) is 0 Å². The average Bonchev–Trinajstić information content (AvgIpc) is 2.94. The molecular formula is C22H23NO3. The lowest BCUT2D eigenvalue weighted by Crippen LogP contribution is -2.30. The Bertz CT molecular complexity index is 812. The smallest absolute Gasteiger partial charge is 0.295 e. The molecule has 1 aliphatic rings. The van der Waals surface area contributed by atoms with Gasteiger partial charge in [-0.05, 0) is 12.0 Å². The second kappa shape index (κ2) is 8.00. The maximum absolute atomic E-state index is 12.7. The number of aliphatic hydroxyl groups excluding tert-OH is 1. The first-order valence-corrected chi connectivity index (χ1v) is 9.04. The Balaban J connectivity index is 2.09. The zero-order chi connectivity index (χ0) is 18.5. The van der Waals surface area contributed by atoms with Gasteiger partial charge in [0.05, 0.1) is 11.6 Å². The second-order valence-electron chi connectivity index (χ2n) is 6.48. The van der Waals surface area contributed by atoms with Crippen molar-refractivity contribution in [1.29, 1.82) is 0 Å². The summed E-state index contributed by atoms with van der Waals surface area (Å²) in [7, 11) is 0. The summed E-state index contributed by atoms with van der Waals surface area (Å²) in [6, 6.07) is 17.8. The van der Waals surface area contributed by atoms with E-state index >= 15 is 0 Å². The summed E-state index contributed by atoms with van der Waals surface area (Å²) in [6.45, 7) is 2.60. The first-order chi connectivity index (χ1) is 12.6. The standard InChI is InChI=1S/C22H23NO3/c1-2-3-10-15-23-19(16-11-6-4-7-12-16)18(21(25)22(23)26)20(24)17-13-8-5-9-14-17/h4-9,11-14,19,24H,2-3,10,15H2,1H3/b20-18-. The Kier molecular flexibility index (Phi) is 5.52. The Labute approximate surface area is 153 Å². The quantitative estimate of drug-likeness (QED) is 0.366. The number of carbonyl (C=O) groups is 2. The van der Waals surface area contributed by atoms with Crippen LogP contribution in [0, 0.1) is 0 Å². The average molecular weight is 349 g/mol. The molecule has 1 fully saturated rings. The van der Waals surface area contributed by atoms with Gasteiger partial charge in [0.2, 0.25) is 0 Å². The summed E-state index contributed by atoms with van der Waals surface area (Å²) in [6.07, 6.45) is 2.85. The summed E-state index contributed by atoms with van der Waals surface area (Å²) in [4.78, 5) is 27.0. The van der Waals surface area contributed by atoms with Gasteiger partial charge in [-0.3, -0.25) is 9.59 Å². The SMILES string of the molecule is CCCCCN1C(=O)C(=O)/C(=C(\O)c2ccccc2)C1c1ccccc1. The molecule has 26 heavy (non-hydrogen) atoms. The highest BCUT2D eigenvalue weighted by Gasteiger charge is 2.45. The molecule has 134 valence electrons. The van der Waals surface area contributed by atoms with E-state index in [1.807, 2.05) is 36.4 Å². The molecule has 0 saturated carbocycles. The summed E-state index contributed by atoms with van der Waals surface area (Å²) in [5.41, 5.74) is 1.55. The lowest BCUT2D eigenvalue weighted by Gasteiger charge is -2.25. The molecule has 1 atom stereocenters. The topological polar surface area (TPSA) is 57.6 Å². The van der Waals surface area contributed by atoms with Crippen molar-refractivity contribution in [2.24, 2.45) is 0 Å². The van der Waals surface area contributed by atoms with Gasteiger partial charge < -0.3 is 10.0 Å². The monoisotopic (exact) mass is 349 g/mol. The van der Waals surface area contributed by atoms with Crippen LogP contribution >= 0.6 is 0 Å². The van der Waals surface area contributed by atoms with Crippen molar-refractivity contribution in [3.63, 3.8) is 0 Å². The molecule has 1 N–H and O–H groups in total. The summed E-state index contributed by atoms with van der Waals surface area (Å²) >= 11 is 0. The minimum Gasteiger partial charge on any atom is -0.507 e. The van der Waals surface area contributed by atoms with Gasteiger partial charge in [0.1, 0.15) is 5.76 Å². The van der Waals surface area contributed by atoms with Crippen LogP contribution < -0.4 is 0 Å². The van der Waals surface area contributed by atoms with Crippen LogP contribution in [0.15, 0.2) is 66.2 Å². The van der Waals surface area contributed by atoms with Crippen LogP contribution in [-0.2, 0) is 9.59 Å². The van der Waals surface area contributed by atoms with Gasteiger partial charge in [0.15, 0.2) is 0 Å². The highest BCUT2D eigenvalue weighted by atomic mass is 16.3. The van der Waals surface area contributed by atoms with E-state index in [9.17, 15) is 14.7 Å². The number of hydrogen-bond acceptors (Lipinski definition) is 3. The highest BCUT2D eigenvalue weighted by Crippen LogP contribution is 2.39. The number of ketones is 1. The molecule has 4 heteroatoms. The summed E-state index contributed by atoms with van der Waals surface area (Å²) in [5.74, 6) is -1.26. The van der Waals surface area contributed by atoms with Crippen LogP contribution in [-0.4, -0.2) is 28.2 Å². The molecule has 2 aromatic rings. The van der Waals surface area contributed by atoms with Gasteiger partial charge in [-0.2, -0.15) is 0 Å². The van der Waals surface area contributed by atoms with E-state index in [4.69, 9.17) is 0 Å². The molecule has 0 aromatic heterocycles. The predicted molar refractivity (Wildman–Crippen MR) is 101 cm³/mol. The minimum absolute atomic E-state index is 0.115. The third kappa shape index (κ3) is 3.40. The van der Waals surface area contributed by atoms with E-state index in [2.05, 4.69) is 6.92 Å². The van der Waals surface area contributed by atoms with Crippen LogP contribution in [0.25, 0.3) is 5.76 Å². The van der Waals surface area contributed by atoms with Crippen molar-refractivity contribution < 1.29 is 14.7 Å². The number of hydrogen-bond donors (Lipinski definition) is 1. The number of carbonyl (C=O) groups excluding carboxylic acids is 2. The number of aliphatic hydroxyl groups is 1. The van der Waals surface area contributed by atoms with Crippen molar-refractivity contribution in [1.82, 2.24) is 4.90 Å². The number of Topliss-reactive ketones (excluding diaryl/α,β-unsaturated/α-hetero) is 1. The third-order valence-corrected chi connectivity index (χ3v) is 4.71. The molecule has 0 radical (unpaired) electrons. The number of unbranched alkanes of at least 4 members (excludes halogenated alkanes) is 2. The van der Waals surface area contributed by atoms with Gasteiger partial charge in [-0.15, -0.1) is 0 Å². The summed E-state index contributed by atoms with van der Waals surface area (Å²) < 4.78 is 0. The van der Waals surface area contributed by atoms with Crippen LogP contribution in [0.2, 0.25) is 0 Å². The molecular weight excluding hydrogens is 326 g/mol. The molecule has 1 unspecified atom stereocenters. The van der Waals surface area contributed by atoms with E-state index in [0.717, 1.165) is 24.8 Å². The number of rotatable bonds is 6. The van der Waals surface area contributed by atoms with Gasteiger partial charge in [-0.1, -0.05) is 80.4 Å². The number of amides is 1. The highest BCUT2D eigenvalue weighted by molar-refractivity contribution is 6.46. The molecule has 2 aromatic carbocycles. The third-order valence-electron chi connectivity index (χ3n) is 4.71. The molecule has 0 aliphatic carbocycles. The summed E-state index contributed by atoms with van der Waals surface area (Å²) in [5, 5.41) is 10.8. The van der Waals surface area contributed by atoms with Crippen molar-refractivity contribution >= 4 is 17.4 Å². The Morgan fingerprint density at radius 2 is 1.58 bits per heavy atom. The normalized spacial score (nSPS) is 19.1. The van der Waals surface area contributed by atoms with E-state index < -0.39 is 17.7 Å². The van der Waals surface area contributed by atoms with Crippen molar-refractivity contribution in [3.05, 3.63) is 77.4 Å². The Morgan fingerprint density at radius 1 is 0.962 bits per heavy atom. The Morgan fingerprint density at radius 3 is 2.19 bits per heavy atom. The first kappa shape index (κ1) is 17.9. The molecule has 0 spiro atoms. The van der Waals surface area contributed by atoms with Gasteiger partial charge in [0.25, 0.3) is 11.7 Å². The number of nitrogens with zero attached hydrogens (tertiary/aromatic N) is 1. The fraction of sp³-hybridized carbons (Fsp3) is 0.273. The molecule has 1 amide bonds. The molecule has 1 aliphatic heterocycles. The maximum atomic E-state index is 12.7. The first-order valence-electron chi connectivity index (χ1n) is 9.04. The van der Waals surface area contributed by atoms with Gasteiger partial charge in [0, 0.05) is 12.1 Å². The minimum atomic E-state index is -0.614. The Hall–Kier alpha value is -2.88. The fourth-order valence-electron chi connectivity index (χ4n) is 3.38. The van der Waals surface area contributed by atoms with Crippen molar-refractivity contribution in [2.45, 2.75) is 32.2 Å². The lowest BCUT2D eigenvalue weighted by atomic mass is 9.95. The second-order valence-corrected chi connectivity index (χ2v) is 6.48. The zero-order valence-electron chi connectivity index (χ0n) is 14.9. The molecule has 3 rings (SSSR count). The number of benzene rings is 2. The fourth-order valence-corrected chi connectivity index (χ4v) is 3.38. The van der Waals surface area contributed by atoms with Crippen molar-refractivity contribution in [3.8, 4) is 0 Å². The van der Waals surface area contributed by atoms with Crippen LogP contribution in [0.1, 0.15) is 43.4 Å². The molecule has 1 heterocycles. The predicted octanol–water partition coefficient (Wildman–Crippen LogP) is 4.30. The van der Waals surface area contributed by atoms with E-state index in [1.54, 1.807) is 29.2 Å². The molecule has 0 bridgehead atoms.